The van der Waals surface area contributed by atoms with Crippen LogP contribution in [0.15, 0.2) is 12.3 Å². The van der Waals surface area contributed by atoms with Crippen molar-refractivity contribution in [1.82, 2.24) is 14.9 Å². The zero-order valence-corrected chi connectivity index (χ0v) is 12.4. The zero-order valence-electron chi connectivity index (χ0n) is 11.5. The molecule has 19 heavy (non-hydrogen) atoms. The van der Waals surface area contributed by atoms with Crippen LogP contribution in [-0.4, -0.2) is 53.6 Å². The first-order valence-corrected chi connectivity index (χ1v) is 6.99. The van der Waals surface area contributed by atoms with Gasteiger partial charge in [-0.2, -0.15) is 0 Å². The smallest absolute Gasteiger partial charge is 0.225 e. The van der Waals surface area contributed by atoms with E-state index in [1.54, 1.807) is 12.3 Å². The standard InChI is InChI=1S/C13H21N5S/c1-17(2)9-10-4-7-18(8-5-10)13-15-6-3-11(16-13)12(14)19/h3,6,10H,4-5,7-9H2,1-2H3,(H2,14,19). The first-order valence-electron chi connectivity index (χ1n) is 6.59. The second kappa shape index (κ2) is 6.25. The molecular formula is C13H21N5S. The predicted molar refractivity (Wildman–Crippen MR) is 81.4 cm³/mol. The predicted octanol–water partition coefficient (Wildman–Crippen LogP) is 0.889. The van der Waals surface area contributed by atoms with E-state index in [1.165, 1.54) is 12.8 Å². The molecule has 2 heterocycles. The molecule has 0 aliphatic carbocycles. The van der Waals surface area contributed by atoms with E-state index in [0.29, 0.717) is 10.7 Å². The van der Waals surface area contributed by atoms with E-state index >= 15 is 0 Å². The molecule has 0 atom stereocenters. The van der Waals surface area contributed by atoms with Crippen molar-refractivity contribution in [3.8, 4) is 0 Å². The second-order valence-corrected chi connectivity index (χ2v) is 5.74. The number of thiocarbonyl (C=S) groups is 1. The average Bonchev–Trinajstić information content (AvgIpc) is 2.39. The van der Waals surface area contributed by atoms with Gasteiger partial charge >= 0.3 is 0 Å². The molecule has 0 radical (unpaired) electrons. The molecule has 6 heteroatoms. The lowest BCUT2D eigenvalue weighted by Gasteiger charge is -2.33. The molecule has 104 valence electrons. The van der Waals surface area contributed by atoms with E-state index in [-0.39, 0.29) is 0 Å². The maximum absolute atomic E-state index is 5.61. The Morgan fingerprint density at radius 3 is 2.74 bits per heavy atom. The minimum Gasteiger partial charge on any atom is -0.388 e. The molecule has 2 rings (SSSR count). The van der Waals surface area contributed by atoms with Crippen LogP contribution in [0.1, 0.15) is 18.5 Å². The van der Waals surface area contributed by atoms with Crippen LogP contribution in [0, 0.1) is 5.92 Å². The zero-order chi connectivity index (χ0) is 13.8. The van der Waals surface area contributed by atoms with Crippen LogP contribution >= 0.6 is 12.2 Å². The third kappa shape index (κ3) is 3.84. The number of nitrogens with two attached hydrogens (primary N) is 1. The number of hydrogen-bond donors (Lipinski definition) is 1. The van der Waals surface area contributed by atoms with Crippen LogP contribution in [0.2, 0.25) is 0 Å². The SMILES string of the molecule is CN(C)CC1CCN(c2nccc(C(N)=S)n2)CC1. The minimum atomic E-state index is 0.325. The van der Waals surface area contributed by atoms with Gasteiger partial charge in [0.15, 0.2) is 0 Å². The number of hydrogen-bond acceptors (Lipinski definition) is 5. The van der Waals surface area contributed by atoms with Crippen molar-refractivity contribution in [2.24, 2.45) is 11.7 Å². The molecule has 1 saturated heterocycles. The van der Waals surface area contributed by atoms with Crippen molar-refractivity contribution in [2.45, 2.75) is 12.8 Å². The molecule has 1 aliphatic rings. The maximum atomic E-state index is 5.61. The van der Waals surface area contributed by atoms with Crippen LogP contribution < -0.4 is 10.6 Å². The summed E-state index contributed by atoms with van der Waals surface area (Å²) in [5.74, 6) is 1.51. The topological polar surface area (TPSA) is 58.3 Å². The van der Waals surface area contributed by atoms with E-state index in [9.17, 15) is 0 Å². The third-order valence-corrected chi connectivity index (χ3v) is 3.63. The van der Waals surface area contributed by atoms with Crippen LogP contribution in [0.4, 0.5) is 5.95 Å². The summed E-state index contributed by atoms with van der Waals surface area (Å²) in [4.78, 5) is 13.5. The molecule has 0 saturated carbocycles. The summed E-state index contributed by atoms with van der Waals surface area (Å²) < 4.78 is 0. The van der Waals surface area contributed by atoms with Crippen molar-refractivity contribution < 1.29 is 0 Å². The van der Waals surface area contributed by atoms with Crippen molar-refractivity contribution in [3.05, 3.63) is 18.0 Å². The summed E-state index contributed by atoms with van der Waals surface area (Å²) in [6, 6.07) is 1.75. The largest absolute Gasteiger partial charge is 0.388 e. The summed E-state index contributed by atoms with van der Waals surface area (Å²) in [5.41, 5.74) is 6.25. The quantitative estimate of drug-likeness (QED) is 0.826. The van der Waals surface area contributed by atoms with Gasteiger partial charge in [0, 0.05) is 25.8 Å². The molecule has 0 bridgehead atoms. The number of piperidine rings is 1. The molecule has 0 aromatic carbocycles. The summed E-state index contributed by atoms with van der Waals surface area (Å²) >= 11 is 4.95. The first-order chi connectivity index (χ1) is 9.06. The van der Waals surface area contributed by atoms with Crippen LogP contribution in [0.3, 0.4) is 0 Å². The van der Waals surface area contributed by atoms with Crippen molar-refractivity contribution in [2.75, 3.05) is 38.6 Å². The molecule has 2 N–H and O–H groups in total. The molecular weight excluding hydrogens is 258 g/mol. The Morgan fingerprint density at radius 2 is 2.16 bits per heavy atom. The van der Waals surface area contributed by atoms with Crippen molar-refractivity contribution >= 4 is 23.2 Å². The first kappa shape index (κ1) is 14.1. The van der Waals surface area contributed by atoms with E-state index in [1.807, 2.05) is 0 Å². The van der Waals surface area contributed by atoms with E-state index in [4.69, 9.17) is 18.0 Å². The normalized spacial score (nSPS) is 16.9. The lowest BCUT2D eigenvalue weighted by molar-refractivity contribution is 0.284. The van der Waals surface area contributed by atoms with Gasteiger partial charge in [-0.05, 0) is 38.9 Å². The molecule has 0 amide bonds. The average molecular weight is 279 g/mol. The minimum absolute atomic E-state index is 0.325. The highest BCUT2D eigenvalue weighted by Crippen LogP contribution is 2.21. The Bertz CT molecular complexity index is 440. The monoisotopic (exact) mass is 279 g/mol. The Kier molecular flexibility index (Phi) is 4.66. The Balaban J connectivity index is 1.97. The molecule has 1 aromatic heterocycles. The lowest BCUT2D eigenvalue weighted by Crippen LogP contribution is -2.38. The number of aromatic nitrogens is 2. The summed E-state index contributed by atoms with van der Waals surface area (Å²) in [6.45, 7) is 3.15. The van der Waals surface area contributed by atoms with E-state index in [0.717, 1.165) is 31.5 Å². The molecule has 1 aliphatic heterocycles. The molecule has 0 unspecified atom stereocenters. The van der Waals surface area contributed by atoms with Gasteiger partial charge in [-0.15, -0.1) is 0 Å². The Labute approximate surface area is 119 Å². The van der Waals surface area contributed by atoms with E-state index in [2.05, 4.69) is 33.9 Å². The fraction of sp³-hybridized carbons (Fsp3) is 0.615. The third-order valence-electron chi connectivity index (χ3n) is 3.42. The van der Waals surface area contributed by atoms with Gasteiger partial charge < -0.3 is 15.5 Å². The van der Waals surface area contributed by atoms with Crippen LogP contribution in [0.5, 0.6) is 0 Å². The highest BCUT2D eigenvalue weighted by molar-refractivity contribution is 7.80. The fourth-order valence-electron chi connectivity index (χ4n) is 2.47. The van der Waals surface area contributed by atoms with Gasteiger partial charge in [0.2, 0.25) is 5.95 Å². The Morgan fingerprint density at radius 1 is 1.47 bits per heavy atom. The second-order valence-electron chi connectivity index (χ2n) is 5.30. The van der Waals surface area contributed by atoms with Crippen molar-refractivity contribution in [1.29, 1.82) is 0 Å². The van der Waals surface area contributed by atoms with Gasteiger partial charge in [0.1, 0.15) is 10.7 Å². The van der Waals surface area contributed by atoms with Crippen LogP contribution in [-0.2, 0) is 0 Å². The molecule has 1 fully saturated rings. The van der Waals surface area contributed by atoms with Crippen molar-refractivity contribution in [3.63, 3.8) is 0 Å². The van der Waals surface area contributed by atoms with Gasteiger partial charge in [-0.25, -0.2) is 9.97 Å². The maximum Gasteiger partial charge on any atom is 0.225 e. The number of anilines is 1. The highest BCUT2D eigenvalue weighted by Gasteiger charge is 2.21. The number of rotatable bonds is 4. The van der Waals surface area contributed by atoms with Gasteiger partial charge in [0.25, 0.3) is 0 Å². The van der Waals surface area contributed by atoms with Gasteiger partial charge in [-0.1, -0.05) is 12.2 Å². The van der Waals surface area contributed by atoms with Gasteiger partial charge in [-0.3, -0.25) is 0 Å². The van der Waals surface area contributed by atoms with E-state index < -0.39 is 0 Å². The molecule has 5 nitrogen and oxygen atoms in total. The fourth-order valence-corrected chi connectivity index (χ4v) is 2.58. The summed E-state index contributed by atoms with van der Waals surface area (Å²) in [5, 5.41) is 0. The molecule has 0 spiro atoms. The Hall–Kier alpha value is -1.27. The summed E-state index contributed by atoms with van der Waals surface area (Å²) in [6.07, 6.45) is 4.08. The van der Waals surface area contributed by atoms with Gasteiger partial charge in [0.05, 0.1) is 0 Å². The molecule has 1 aromatic rings. The number of nitrogens with zero attached hydrogens (tertiary/aromatic N) is 4. The lowest BCUT2D eigenvalue weighted by atomic mass is 9.97. The summed E-state index contributed by atoms with van der Waals surface area (Å²) in [7, 11) is 4.25. The van der Waals surface area contributed by atoms with Crippen LogP contribution in [0.25, 0.3) is 0 Å². The highest BCUT2D eigenvalue weighted by atomic mass is 32.1.